The van der Waals surface area contributed by atoms with Gasteiger partial charge in [0.2, 0.25) is 6.10 Å². The summed E-state index contributed by atoms with van der Waals surface area (Å²) in [6.45, 7) is 1.82. The van der Waals surface area contributed by atoms with Crippen molar-refractivity contribution in [3.8, 4) is 0 Å². The van der Waals surface area contributed by atoms with Crippen LogP contribution < -0.4 is 11.1 Å². The third kappa shape index (κ3) is 2.65. The van der Waals surface area contributed by atoms with Crippen LogP contribution in [0.15, 0.2) is 15.8 Å². The van der Waals surface area contributed by atoms with E-state index in [0.717, 1.165) is 0 Å². The van der Waals surface area contributed by atoms with E-state index in [2.05, 4.69) is 15.5 Å². The Kier molecular flexibility index (Phi) is 3.26. The monoisotopic (exact) mass is 252 g/mol. The molecule has 18 heavy (non-hydrogen) atoms. The summed E-state index contributed by atoms with van der Waals surface area (Å²) in [4.78, 5) is 31.1. The summed E-state index contributed by atoms with van der Waals surface area (Å²) < 4.78 is 4.92. The summed E-state index contributed by atoms with van der Waals surface area (Å²) in [5, 5.41) is 6.26. The number of hydrogen-bond donors (Lipinski definition) is 2. The minimum atomic E-state index is -0.744. The number of oxazole rings is 1. The van der Waals surface area contributed by atoms with Crippen molar-refractivity contribution in [2.45, 2.75) is 19.4 Å². The predicted octanol–water partition coefficient (Wildman–Crippen LogP) is -0.657. The molecule has 2 heterocycles. The van der Waals surface area contributed by atoms with Gasteiger partial charge in [0, 0.05) is 13.3 Å². The number of aromatic nitrogens is 1. The molecule has 0 saturated heterocycles. The number of rotatable bonds is 4. The maximum Gasteiger partial charge on any atom is 0.273 e. The fourth-order valence-corrected chi connectivity index (χ4v) is 1.42. The van der Waals surface area contributed by atoms with Gasteiger partial charge in [0.25, 0.3) is 11.8 Å². The van der Waals surface area contributed by atoms with Crippen molar-refractivity contribution < 1.29 is 18.8 Å². The first-order valence-corrected chi connectivity index (χ1v) is 5.27. The average Bonchev–Trinajstić information content (AvgIpc) is 2.94. The molecule has 96 valence electrons. The molecule has 1 aliphatic rings. The van der Waals surface area contributed by atoms with E-state index < -0.39 is 12.0 Å². The summed E-state index contributed by atoms with van der Waals surface area (Å²) in [5.74, 6) is -0.542. The van der Waals surface area contributed by atoms with E-state index in [0.29, 0.717) is 11.6 Å². The van der Waals surface area contributed by atoms with Crippen molar-refractivity contribution in [2.75, 3.05) is 6.54 Å². The van der Waals surface area contributed by atoms with Crippen molar-refractivity contribution in [1.82, 2.24) is 10.3 Å². The van der Waals surface area contributed by atoms with Crippen LogP contribution in [0, 0.1) is 6.92 Å². The fraction of sp³-hybridized carbons (Fsp3) is 0.400. The van der Waals surface area contributed by atoms with E-state index in [-0.39, 0.29) is 24.6 Å². The summed E-state index contributed by atoms with van der Waals surface area (Å²) >= 11 is 0. The van der Waals surface area contributed by atoms with Gasteiger partial charge in [-0.1, -0.05) is 5.16 Å². The fourth-order valence-electron chi connectivity index (χ4n) is 1.42. The Hall–Kier alpha value is -2.38. The van der Waals surface area contributed by atoms with Gasteiger partial charge in [-0.05, 0) is 0 Å². The molecule has 2 amide bonds. The number of nitrogens with zero attached hydrogens (tertiary/aromatic N) is 2. The van der Waals surface area contributed by atoms with Crippen LogP contribution in [0.1, 0.15) is 22.8 Å². The number of nitrogens with two attached hydrogens (primary N) is 1. The molecular weight excluding hydrogens is 240 g/mol. The van der Waals surface area contributed by atoms with Gasteiger partial charge in [-0.3, -0.25) is 9.59 Å². The van der Waals surface area contributed by atoms with Gasteiger partial charge in [0.1, 0.15) is 6.26 Å². The summed E-state index contributed by atoms with van der Waals surface area (Å²) in [5.41, 5.74) is 5.80. The normalized spacial score (nSPS) is 18.1. The largest absolute Gasteiger partial charge is 0.448 e. The van der Waals surface area contributed by atoms with Crippen molar-refractivity contribution >= 4 is 17.5 Å². The lowest BCUT2D eigenvalue weighted by Crippen LogP contribution is -2.32. The molecular formula is C10H12N4O4. The molecule has 0 aliphatic carbocycles. The number of primary amides is 1. The van der Waals surface area contributed by atoms with Crippen LogP contribution in [0.3, 0.4) is 0 Å². The summed E-state index contributed by atoms with van der Waals surface area (Å²) in [6, 6.07) is 0. The highest BCUT2D eigenvalue weighted by Crippen LogP contribution is 2.09. The molecule has 1 unspecified atom stereocenters. The molecule has 3 N–H and O–H groups in total. The van der Waals surface area contributed by atoms with Crippen molar-refractivity contribution in [1.29, 1.82) is 0 Å². The van der Waals surface area contributed by atoms with Crippen molar-refractivity contribution in [3.63, 3.8) is 0 Å². The van der Waals surface area contributed by atoms with E-state index in [1.54, 1.807) is 6.92 Å². The second-order valence-electron chi connectivity index (χ2n) is 3.79. The number of nitrogens with one attached hydrogen (secondary N) is 1. The number of aryl methyl sites for hydroxylation is 1. The number of amides is 2. The van der Waals surface area contributed by atoms with Crippen molar-refractivity contribution in [3.05, 3.63) is 17.8 Å². The van der Waals surface area contributed by atoms with Gasteiger partial charge in [0.15, 0.2) is 11.6 Å². The molecule has 0 radical (unpaired) electrons. The SMILES string of the molecule is Cc1nc(C(=O)NCC2=NOC(C(N)=O)C2)co1. The molecule has 0 spiro atoms. The average molecular weight is 252 g/mol. The molecule has 1 atom stereocenters. The molecule has 8 nitrogen and oxygen atoms in total. The van der Waals surface area contributed by atoms with E-state index in [4.69, 9.17) is 15.0 Å². The number of oxime groups is 1. The van der Waals surface area contributed by atoms with Crippen LogP contribution in [-0.4, -0.2) is 35.2 Å². The topological polar surface area (TPSA) is 120 Å². The molecule has 0 bridgehead atoms. The summed E-state index contributed by atoms with van der Waals surface area (Å²) in [7, 11) is 0. The van der Waals surface area contributed by atoms with Gasteiger partial charge in [-0.15, -0.1) is 0 Å². The zero-order valence-corrected chi connectivity index (χ0v) is 9.67. The Morgan fingerprint density at radius 2 is 2.39 bits per heavy atom. The molecule has 1 aromatic rings. The first kappa shape index (κ1) is 12.1. The standard InChI is InChI=1S/C10H12N4O4/c1-5-13-7(4-17-5)10(16)12-3-6-2-8(9(11)15)18-14-6/h4,8H,2-3H2,1H3,(H2,11,15)(H,12,16). The van der Waals surface area contributed by atoms with E-state index in [1.807, 2.05) is 0 Å². The zero-order valence-electron chi connectivity index (χ0n) is 9.67. The second kappa shape index (κ2) is 4.86. The van der Waals surface area contributed by atoms with Gasteiger partial charge in [-0.2, -0.15) is 0 Å². The smallest absolute Gasteiger partial charge is 0.273 e. The van der Waals surface area contributed by atoms with Crippen LogP contribution in [0.25, 0.3) is 0 Å². The third-order valence-corrected chi connectivity index (χ3v) is 2.35. The predicted molar refractivity (Wildman–Crippen MR) is 59.7 cm³/mol. The second-order valence-corrected chi connectivity index (χ2v) is 3.79. The zero-order chi connectivity index (χ0) is 13.1. The van der Waals surface area contributed by atoms with E-state index in [9.17, 15) is 9.59 Å². The molecule has 0 saturated carbocycles. The van der Waals surface area contributed by atoms with Crippen LogP contribution >= 0.6 is 0 Å². The lowest BCUT2D eigenvalue weighted by molar-refractivity contribution is -0.127. The first-order chi connectivity index (χ1) is 8.56. The highest BCUT2D eigenvalue weighted by Gasteiger charge is 2.26. The molecule has 8 heteroatoms. The highest BCUT2D eigenvalue weighted by atomic mass is 16.6. The van der Waals surface area contributed by atoms with Gasteiger partial charge in [-0.25, -0.2) is 4.98 Å². The van der Waals surface area contributed by atoms with Crippen LogP contribution in [0.5, 0.6) is 0 Å². The first-order valence-electron chi connectivity index (χ1n) is 5.27. The lowest BCUT2D eigenvalue weighted by Gasteiger charge is -2.02. The van der Waals surface area contributed by atoms with Crippen LogP contribution in [-0.2, 0) is 9.63 Å². The lowest BCUT2D eigenvalue weighted by atomic mass is 10.2. The highest BCUT2D eigenvalue weighted by molar-refractivity contribution is 5.98. The van der Waals surface area contributed by atoms with Gasteiger partial charge < -0.3 is 20.3 Å². The Morgan fingerprint density at radius 1 is 1.61 bits per heavy atom. The number of hydrogen-bond acceptors (Lipinski definition) is 6. The molecule has 2 rings (SSSR count). The Labute approximate surface area is 102 Å². The van der Waals surface area contributed by atoms with E-state index in [1.165, 1.54) is 6.26 Å². The quantitative estimate of drug-likeness (QED) is 0.737. The number of carbonyl (C=O) groups excluding carboxylic acids is 2. The van der Waals surface area contributed by atoms with Crippen LogP contribution in [0.2, 0.25) is 0 Å². The van der Waals surface area contributed by atoms with Gasteiger partial charge in [0.05, 0.1) is 12.3 Å². The summed E-state index contributed by atoms with van der Waals surface area (Å²) in [6.07, 6.45) is 0.809. The van der Waals surface area contributed by atoms with Crippen molar-refractivity contribution in [2.24, 2.45) is 10.9 Å². The molecule has 0 aromatic carbocycles. The minimum Gasteiger partial charge on any atom is -0.448 e. The maximum atomic E-state index is 11.6. The minimum absolute atomic E-state index is 0.175. The van der Waals surface area contributed by atoms with Gasteiger partial charge >= 0.3 is 0 Å². The molecule has 1 aliphatic heterocycles. The Bertz CT molecular complexity index is 508. The third-order valence-electron chi connectivity index (χ3n) is 2.35. The van der Waals surface area contributed by atoms with Crippen LogP contribution in [0.4, 0.5) is 0 Å². The van der Waals surface area contributed by atoms with E-state index >= 15 is 0 Å². The maximum absolute atomic E-state index is 11.6. The Morgan fingerprint density at radius 3 is 2.94 bits per heavy atom. The molecule has 0 fully saturated rings. The molecule has 1 aromatic heterocycles. The number of carbonyl (C=O) groups is 2. The Balaban J connectivity index is 1.83.